The van der Waals surface area contributed by atoms with Crippen molar-refractivity contribution in [3.8, 4) is 11.5 Å². The van der Waals surface area contributed by atoms with E-state index in [0.717, 1.165) is 6.42 Å². The van der Waals surface area contributed by atoms with Crippen molar-refractivity contribution in [2.24, 2.45) is 0 Å². The van der Waals surface area contributed by atoms with E-state index in [-0.39, 0.29) is 29.7 Å². The number of carbonyl (C=O) groups excluding carboxylic acids is 2. The highest BCUT2D eigenvalue weighted by Gasteiger charge is 2.19. The lowest BCUT2D eigenvalue weighted by Gasteiger charge is -2.19. The predicted molar refractivity (Wildman–Crippen MR) is 122 cm³/mol. The summed E-state index contributed by atoms with van der Waals surface area (Å²) in [5.41, 5.74) is 2.59. The summed E-state index contributed by atoms with van der Waals surface area (Å²) in [4.78, 5) is 24.4. The number of esters is 1. The fourth-order valence-electron chi connectivity index (χ4n) is 3.54. The summed E-state index contributed by atoms with van der Waals surface area (Å²) in [6.07, 6.45) is 0.738. The minimum Gasteiger partial charge on any atom is -0.493 e. The Hall–Kier alpha value is -3.80. The summed E-state index contributed by atoms with van der Waals surface area (Å²) in [6.45, 7) is 0.234. The third kappa shape index (κ3) is 5.88. The second-order valence-electron chi connectivity index (χ2n) is 7.13. The molecule has 0 unspecified atom stereocenters. The molecule has 0 radical (unpaired) electrons. The summed E-state index contributed by atoms with van der Waals surface area (Å²) in [7, 11) is 2.75. The highest BCUT2D eigenvalue weighted by molar-refractivity contribution is 5.93. The number of para-hydroxylation sites is 1. The highest BCUT2D eigenvalue weighted by Crippen LogP contribution is 2.31. The Labute approximate surface area is 188 Å². The van der Waals surface area contributed by atoms with Crippen molar-refractivity contribution < 1.29 is 23.8 Å². The number of ether oxygens (including phenoxy) is 3. The van der Waals surface area contributed by atoms with Gasteiger partial charge in [-0.25, -0.2) is 4.79 Å². The number of rotatable bonds is 10. The SMILES string of the molecule is COC(=O)c1cccc(OC)c1OCC(=O)NCCC(c1ccccc1)c1ccccc1. The third-order valence-corrected chi connectivity index (χ3v) is 5.11. The monoisotopic (exact) mass is 433 g/mol. The number of amides is 1. The van der Waals surface area contributed by atoms with Crippen LogP contribution in [0.3, 0.4) is 0 Å². The van der Waals surface area contributed by atoms with Gasteiger partial charge >= 0.3 is 5.97 Å². The fraction of sp³-hybridized carbons (Fsp3) is 0.231. The van der Waals surface area contributed by atoms with Gasteiger partial charge in [-0.1, -0.05) is 66.7 Å². The van der Waals surface area contributed by atoms with E-state index in [1.165, 1.54) is 25.3 Å². The quantitative estimate of drug-likeness (QED) is 0.485. The van der Waals surface area contributed by atoms with E-state index in [4.69, 9.17) is 14.2 Å². The number of benzene rings is 3. The number of methoxy groups -OCH3 is 2. The molecule has 3 rings (SSSR count). The van der Waals surface area contributed by atoms with Gasteiger partial charge in [-0.05, 0) is 29.7 Å². The second kappa shape index (κ2) is 11.6. The smallest absolute Gasteiger partial charge is 0.341 e. The molecule has 0 aliphatic rings. The number of carbonyl (C=O) groups is 2. The van der Waals surface area contributed by atoms with Crippen molar-refractivity contribution in [2.75, 3.05) is 27.4 Å². The van der Waals surface area contributed by atoms with Gasteiger partial charge in [-0.2, -0.15) is 0 Å². The molecule has 1 N–H and O–H groups in total. The molecule has 0 saturated carbocycles. The van der Waals surface area contributed by atoms with Crippen molar-refractivity contribution in [2.45, 2.75) is 12.3 Å². The first-order valence-corrected chi connectivity index (χ1v) is 10.4. The van der Waals surface area contributed by atoms with Gasteiger partial charge in [0.25, 0.3) is 5.91 Å². The molecule has 0 spiro atoms. The molecule has 0 aliphatic carbocycles. The average Bonchev–Trinajstić information content (AvgIpc) is 2.85. The molecule has 6 nitrogen and oxygen atoms in total. The maximum Gasteiger partial charge on any atom is 0.341 e. The van der Waals surface area contributed by atoms with Crippen molar-refractivity contribution in [3.63, 3.8) is 0 Å². The second-order valence-corrected chi connectivity index (χ2v) is 7.13. The van der Waals surface area contributed by atoms with Crippen LogP contribution in [0.4, 0.5) is 0 Å². The van der Waals surface area contributed by atoms with E-state index in [1.807, 2.05) is 36.4 Å². The zero-order chi connectivity index (χ0) is 22.8. The van der Waals surface area contributed by atoms with Crippen LogP contribution in [0.15, 0.2) is 78.9 Å². The van der Waals surface area contributed by atoms with Crippen LogP contribution in [-0.2, 0) is 9.53 Å². The van der Waals surface area contributed by atoms with Crippen LogP contribution in [0.2, 0.25) is 0 Å². The van der Waals surface area contributed by atoms with Crippen LogP contribution in [0.5, 0.6) is 11.5 Å². The Morgan fingerprint density at radius 3 is 2.03 bits per heavy atom. The standard InChI is InChI=1S/C26H27NO5/c1-30-23-15-9-14-22(26(29)31-2)25(23)32-18-24(28)27-17-16-21(19-10-5-3-6-11-19)20-12-7-4-8-13-20/h3-15,21H,16-18H2,1-2H3,(H,27,28). The molecule has 0 bridgehead atoms. The summed E-state index contributed by atoms with van der Waals surface area (Å²) < 4.78 is 15.7. The summed E-state index contributed by atoms with van der Waals surface area (Å²) >= 11 is 0. The lowest BCUT2D eigenvalue weighted by molar-refractivity contribution is -0.123. The minimum atomic E-state index is -0.562. The Kier molecular flexibility index (Phi) is 8.26. The minimum absolute atomic E-state index is 0.166. The van der Waals surface area contributed by atoms with E-state index in [1.54, 1.807) is 18.2 Å². The number of nitrogens with one attached hydrogen (secondary N) is 1. The van der Waals surface area contributed by atoms with Crippen LogP contribution in [-0.4, -0.2) is 39.2 Å². The van der Waals surface area contributed by atoms with Crippen molar-refractivity contribution in [3.05, 3.63) is 95.6 Å². The molecule has 166 valence electrons. The Morgan fingerprint density at radius 2 is 1.47 bits per heavy atom. The normalized spacial score (nSPS) is 10.5. The van der Waals surface area contributed by atoms with Gasteiger partial charge in [0.1, 0.15) is 5.56 Å². The first kappa shape index (κ1) is 22.9. The zero-order valence-electron chi connectivity index (χ0n) is 18.2. The molecule has 3 aromatic rings. The molecule has 0 atom stereocenters. The van der Waals surface area contributed by atoms with Crippen LogP contribution in [0, 0.1) is 0 Å². The molecule has 6 heteroatoms. The van der Waals surface area contributed by atoms with Gasteiger partial charge in [0.2, 0.25) is 0 Å². The highest BCUT2D eigenvalue weighted by atomic mass is 16.5. The van der Waals surface area contributed by atoms with Gasteiger partial charge in [0.05, 0.1) is 14.2 Å². The Bertz CT molecular complexity index is 981. The van der Waals surface area contributed by atoms with Gasteiger partial charge in [-0.15, -0.1) is 0 Å². The topological polar surface area (TPSA) is 73.9 Å². The molecule has 0 heterocycles. The first-order chi connectivity index (χ1) is 15.6. The van der Waals surface area contributed by atoms with E-state index >= 15 is 0 Å². The Balaban J connectivity index is 1.61. The molecule has 0 saturated heterocycles. The summed E-state index contributed by atoms with van der Waals surface area (Å²) in [5.74, 6) is -0.143. The molecule has 1 amide bonds. The van der Waals surface area contributed by atoms with Gasteiger partial charge in [0, 0.05) is 12.5 Å². The summed E-state index contributed by atoms with van der Waals surface area (Å²) in [6, 6.07) is 25.3. The first-order valence-electron chi connectivity index (χ1n) is 10.4. The van der Waals surface area contributed by atoms with E-state index in [2.05, 4.69) is 29.6 Å². The molecule has 3 aromatic carbocycles. The maximum absolute atomic E-state index is 12.4. The van der Waals surface area contributed by atoms with Gasteiger partial charge < -0.3 is 19.5 Å². The zero-order valence-corrected chi connectivity index (χ0v) is 18.2. The number of hydrogen-bond acceptors (Lipinski definition) is 5. The third-order valence-electron chi connectivity index (χ3n) is 5.11. The Morgan fingerprint density at radius 1 is 0.844 bits per heavy atom. The summed E-state index contributed by atoms with van der Waals surface area (Å²) in [5, 5.41) is 2.90. The molecule has 32 heavy (non-hydrogen) atoms. The number of hydrogen-bond donors (Lipinski definition) is 1. The molecule has 0 fully saturated rings. The van der Waals surface area contributed by atoms with Crippen LogP contribution < -0.4 is 14.8 Å². The molecular weight excluding hydrogens is 406 g/mol. The molecular formula is C26H27NO5. The van der Waals surface area contributed by atoms with Crippen molar-refractivity contribution in [1.29, 1.82) is 0 Å². The van der Waals surface area contributed by atoms with E-state index in [0.29, 0.717) is 12.3 Å². The largest absolute Gasteiger partial charge is 0.493 e. The lowest BCUT2D eigenvalue weighted by atomic mass is 9.88. The fourth-order valence-corrected chi connectivity index (χ4v) is 3.54. The van der Waals surface area contributed by atoms with Gasteiger partial charge in [-0.3, -0.25) is 4.79 Å². The van der Waals surface area contributed by atoms with Crippen molar-refractivity contribution >= 4 is 11.9 Å². The van der Waals surface area contributed by atoms with Crippen LogP contribution in [0.1, 0.15) is 33.8 Å². The molecule has 0 aromatic heterocycles. The van der Waals surface area contributed by atoms with E-state index in [9.17, 15) is 9.59 Å². The van der Waals surface area contributed by atoms with E-state index < -0.39 is 5.97 Å². The van der Waals surface area contributed by atoms with Crippen LogP contribution in [0.25, 0.3) is 0 Å². The van der Waals surface area contributed by atoms with Crippen molar-refractivity contribution in [1.82, 2.24) is 5.32 Å². The van der Waals surface area contributed by atoms with Gasteiger partial charge in [0.15, 0.2) is 18.1 Å². The maximum atomic E-state index is 12.4. The lowest BCUT2D eigenvalue weighted by Crippen LogP contribution is -2.31. The predicted octanol–water partition coefficient (Wildman–Crippen LogP) is 4.20. The average molecular weight is 434 g/mol. The molecule has 0 aliphatic heterocycles. The van der Waals surface area contributed by atoms with Crippen LogP contribution >= 0.6 is 0 Å².